The fourth-order valence-corrected chi connectivity index (χ4v) is 7.91. The molecule has 0 unspecified atom stereocenters. The van der Waals surface area contributed by atoms with Crippen molar-refractivity contribution in [1.29, 1.82) is 0 Å². The van der Waals surface area contributed by atoms with Crippen LogP contribution in [0.25, 0.3) is 6.08 Å². The van der Waals surface area contributed by atoms with E-state index in [1.165, 1.54) is 18.9 Å². The number of phenolic OH excluding ortho intramolecular Hbond substituents is 1. The Balaban J connectivity index is 1.27. The molecule has 7 heteroatoms. The summed E-state index contributed by atoms with van der Waals surface area (Å²) in [6.07, 6.45) is 6.72. The van der Waals surface area contributed by atoms with Gasteiger partial charge in [-0.2, -0.15) is 0 Å². The molecule has 2 bridgehead atoms. The summed E-state index contributed by atoms with van der Waals surface area (Å²) in [4.78, 5) is 31.2. The van der Waals surface area contributed by atoms with Crippen LogP contribution in [0.2, 0.25) is 0 Å². The van der Waals surface area contributed by atoms with Crippen LogP contribution in [0.3, 0.4) is 0 Å². The van der Waals surface area contributed by atoms with E-state index in [1.807, 2.05) is 37.3 Å². The average Bonchev–Trinajstić information content (AvgIpc) is 3.64. The molecular formula is C31H34N2O5. The van der Waals surface area contributed by atoms with Crippen LogP contribution in [-0.2, 0) is 10.2 Å². The van der Waals surface area contributed by atoms with Gasteiger partial charge in [-0.15, -0.1) is 0 Å². The highest BCUT2D eigenvalue weighted by Crippen LogP contribution is 2.65. The Morgan fingerprint density at radius 2 is 2.03 bits per heavy atom. The smallest absolute Gasteiger partial charge is 0.246 e. The van der Waals surface area contributed by atoms with E-state index >= 15 is 0 Å². The molecule has 0 aromatic heterocycles. The molecule has 2 aliphatic heterocycles. The first-order chi connectivity index (χ1) is 18.2. The Kier molecular flexibility index (Phi) is 5.14. The van der Waals surface area contributed by atoms with E-state index in [2.05, 4.69) is 4.90 Å². The molecule has 3 aliphatic carbocycles. The summed E-state index contributed by atoms with van der Waals surface area (Å²) in [5.74, 6) is 0.656. The first-order valence-corrected chi connectivity index (χ1v) is 13.8. The summed E-state index contributed by atoms with van der Waals surface area (Å²) in [5.41, 5.74) is 1.11. The molecule has 2 aromatic carbocycles. The maximum atomic E-state index is 13.9. The lowest BCUT2D eigenvalue weighted by atomic mass is 9.48. The summed E-state index contributed by atoms with van der Waals surface area (Å²) in [7, 11) is 1.79. The number of nitrogens with zero attached hydrogens (tertiary/aromatic N) is 2. The maximum absolute atomic E-state index is 13.9. The van der Waals surface area contributed by atoms with Crippen LogP contribution in [0, 0.1) is 12.8 Å². The SMILES string of the molecule is Cc1cccc(C=CC(=O)N(C)[C@H]2CC[C@@]3(O)[C@H]4C(=O)c5ccc(O)c6c5[C@@]3(CCN4CC3CC3)[C@H]2O6)c1. The molecule has 3 fully saturated rings. The minimum atomic E-state index is -1.31. The monoisotopic (exact) mass is 514 g/mol. The third-order valence-corrected chi connectivity index (χ3v) is 9.88. The molecule has 0 radical (unpaired) electrons. The van der Waals surface area contributed by atoms with Gasteiger partial charge in [0, 0.05) is 37.3 Å². The van der Waals surface area contributed by atoms with Crippen molar-refractivity contribution in [3.63, 3.8) is 0 Å². The molecule has 38 heavy (non-hydrogen) atoms. The minimum absolute atomic E-state index is 0.0198. The van der Waals surface area contributed by atoms with E-state index in [9.17, 15) is 19.8 Å². The number of Topliss-reactive ketones (excluding diaryl/α,β-unsaturated/α-hetero) is 1. The average molecular weight is 515 g/mol. The number of aromatic hydroxyl groups is 1. The summed E-state index contributed by atoms with van der Waals surface area (Å²) in [6.45, 7) is 3.53. The van der Waals surface area contributed by atoms with Gasteiger partial charge in [-0.3, -0.25) is 14.5 Å². The molecule has 1 saturated heterocycles. The molecule has 2 N–H and O–H groups in total. The number of phenols is 1. The Labute approximate surface area is 222 Å². The van der Waals surface area contributed by atoms with E-state index in [0.717, 1.165) is 17.7 Å². The van der Waals surface area contributed by atoms with Crippen molar-refractivity contribution < 1.29 is 24.5 Å². The zero-order valence-electron chi connectivity index (χ0n) is 21.9. The van der Waals surface area contributed by atoms with E-state index in [0.29, 0.717) is 48.6 Å². The lowest BCUT2D eigenvalue weighted by Crippen LogP contribution is -2.79. The van der Waals surface area contributed by atoms with Crippen LogP contribution < -0.4 is 4.74 Å². The van der Waals surface area contributed by atoms with Gasteiger partial charge in [-0.25, -0.2) is 0 Å². The number of carbonyl (C=O) groups excluding carboxylic acids is 2. The number of carbonyl (C=O) groups is 2. The number of aryl methyl sites for hydroxylation is 1. The van der Waals surface area contributed by atoms with Crippen molar-refractivity contribution in [2.75, 3.05) is 20.1 Å². The van der Waals surface area contributed by atoms with Gasteiger partial charge in [0.15, 0.2) is 17.3 Å². The summed E-state index contributed by atoms with van der Waals surface area (Å²) in [6, 6.07) is 10.3. The number of piperidine rings is 1. The zero-order valence-corrected chi connectivity index (χ0v) is 21.9. The second-order valence-electron chi connectivity index (χ2n) is 12.0. The Morgan fingerprint density at radius 3 is 2.79 bits per heavy atom. The number of aliphatic hydroxyl groups is 1. The first kappa shape index (κ1) is 23.9. The number of ether oxygens (including phenoxy) is 1. The third-order valence-electron chi connectivity index (χ3n) is 9.88. The van der Waals surface area contributed by atoms with Gasteiger partial charge in [0.1, 0.15) is 17.7 Å². The number of likely N-dealkylation sites (tertiary alicyclic amines) is 1. The van der Waals surface area contributed by atoms with Crippen molar-refractivity contribution >= 4 is 17.8 Å². The highest BCUT2D eigenvalue weighted by molar-refractivity contribution is 6.06. The van der Waals surface area contributed by atoms with Gasteiger partial charge >= 0.3 is 0 Å². The van der Waals surface area contributed by atoms with Gasteiger partial charge in [0.05, 0.1) is 11.5 Å². The van der Waals surface area contributed by atoms with Crippen LogP contribution in [-0.4, -0.2) is 75.6 Å². The van der Waals surface area contributed by atoms with E-state index in [1.54, 1.807) is 24.1 Å². The molecule has 2 saturated carbocycles. The van der Waals surface area contributed by atoms with Crippen LogP contribution in [0.5, 0.6) is 11.5 Å². The number of amides is 1. The van der Waals surface area contributed by atoms with Crippen LogP contribution in [0.4, 0.5) is 0 Å². The zero-order chi connectivity index (χ0) is 26.4. The molecule has 7 nitrogen and oxygen atoms in total. The molecule has 1 spiro atoms. The molecule has 2 aromatic rings. The van der Waals surface area contributed by atoms with Crippen LogP contribution >= 0.6 is 0 Å². The lowest BCUT2D eigenvalue weighted by molar-refractivity contribution is -0.187. The van der Waals surface area contributed by atoms with Crippen LogP contribution in [0.1, 0.15) is 59.2 Å². The van der Waals surface area contributed by atoms with E-state index in [-0.39, 0.29) is 23.5 Å². The molecule has 7 rings (SSSR count). The number of likely N-dealkylation sites (N-methyl/N-ethyl adjacent to an activating group) is 1. The topological polar surface area (TPSA) is 90.3 Å². The number of hydrogen-bond acceptors (Lipinski definition) is 6. The Hall–Kier alpha value is -3.16. The molecule has 2 heterocycles. The second kappa shape index (κ2) is 8.17. The van der Waals surface area contributed by atoms with E-state index in [4.69, 9.17) is 4.74 Å². The number of ketones is 1. The summed E-state index contributed by atoms with van der Waals surface area (Å²) >= 11 is 0. The van der Waals surface area contributed by atoms with Gasteiger partial charge in [-0.1, -0.05) is 29.8 Å². The van der Waals surface area contributed by atoms with Crippen molar-refractivity contribution in [2.24, 2.45) is 5.92 Å². The normalized spacial score (nSPS) is 33.2. The van der Waals surface area contributed by atoms with Gasteiger partial charge in [0.25, 0.3) is 0 Å². The molecule has 5 atom stereocenters. The molecule has 1 amide bonds. The molecular weight excluding hydrogens is 480 g/mol. The fraction of sp³-hybridized carbons (Fsp3) is 0.484. The summed E-state index contributed by atoms with van der Waals surface area (Å²) in [5, 5.41) is 23.4. The Bertz CT molecular complexity index is 1380. The maximum Gasteiger partial charge on any atom is 0.246 e. The number of hydrogen-bond donors (Lipinski definition) is 2. The Morgan fingerprint density at radius 1 is 1.21 bits per heavy atom. The fourth-order valence-electron chi connectivity index (χ4n) is 7.91. The van der Waals surface area contributed by atoms with E-state index < -0.39 is 23.2 Å². The van der Waals surface area contributed by atoms with Gasteiger partial charge < -0.3 is 19.8 Å². The van der Waals surface area contributed by atoms with Crippen molar-refractivity contribution in [3.05, 3.63) is 64.7 Å². The van der Waals surface area contributed by atoms with Crippen molar-refractivity contribution in [2.45, 2.75) is 68.2 Å². The van der Waals surface area contributed by atoms with Gasteiger partial charge in [0.2, 0.25) is 5.91 Å². The molecule has 5 aliphatic rings. The largest absolute Gasteiger partial charge is 0.504 e. The van der Waals surface area contributed by atoms with Crippen molar-refractivity contribution in [3.8, 4) is 11.5 Å². The van der Waals surface area contributed by atoms with Crippen LogP contribution in [0.15, 0.2) is 42.5 Å². The quantitative estimate of drug-likeness (QED) is 0.594. The number of rotatable bonds is 5. The highest BCUT2D eigenvalue weighted by Gasteiger charge is 2.75. The summed E-state index contributed by atoms with van der Waals surface area (Å²) < 4.78 is 6.52. The lowest BCUT2D eigenvalue weighted by Gasteiger charge is -2.63. The molecule has 198 valence electrons. The third kappa shape index (κ3) is 3.15. The van der Waals surface area contributed by atoms with Crippen molar-refractivity contribution in [1.82, 2.24) is 9.80 Å². The predicted molar refractivity (Wildman–Crippen MR) is 142 cm³/mol. The first-order valence-electron chi connectivity index (χ1n) is 13.8. The predicted octanol–water partition coefficient (Wildman–Crippen LogP) is 3.45. The van der Waals surface area contributed by atoms with Gasteiger partial charge in [-0.05, 0) is 68.7 Å². The highest BCUT2D eigenvalue weighted by atomic mass is 16.5. The number of benzene rings is 2. The second-order valence-corrected chi connectivity index (χ2v) is 12.0. The standard InChI is InChI=1S/C31H34N2O5/c1-18-4-3-5-19(16-18)8-11-24(35)32(2)22-12-13-31(37)28-26(36)21-9-10-23(34)27-25(21)30(31,29(22)38-27)14-15-33(28)17-20-6-7-20/h3-5,8-11,16,20,22,28-29,34,37H,6-7,12-15,17H2,1-2H3/t22-,28+,29-,30-,31+/m0/s1. The minimum Gasteiger partial charge on any atom is -0.504 e.